The number of benzene rings is 3. The number of esters is 1. The average molecular weight is 466 g/mol. The van der Waals surface area contributed by atoms with Crippen molar-refractivity contribution in [3.05, 3.63) is 99.0 Å². The number of rotatable bonds is 6. The van der Waals surface area contributed by atoms with Gasteiger partial charge in [-0.25, -0.2) is 4.79 Å². The third kappa shape index (κ3) is 5.21. The number of carbonyl (C=O) groups excluding carboxylic acids is 3. The average Bonchev–Trinajstić information content (AvgIpc) is 2.74. The van der Waals surface area contributed by atoms with E-state index in [9.17, 15) is 14.4 Å². The van der Waals surface area contributed by atoms with E-state index in [1.807, 2.05) is 26.0 Å². The smallest absolute Gasteiger partial charge is 0.340 e. The fourth-order valence-corrected chi connectivity index (χ4v) is 3.15. The Morgan fingerprint density at radius 3 is 2.33 bits per heavy atom. The molecule has 0 aliphatic heterocycles. The minimum absolute atomic E-state index is 0.178. The van der Waals surface area contributed by atoms with E-state index >= 15 is 0 Å². The van der Waals surface area contributed by atoms with Crippen LogP contribution in [-0.2, 0) is 4.74 Å². The fourth-order valence-electron chi connectivity index (χ4n) is 2.89. The number of hydrogen-bond donors (Lipinski definition) is 1. The molecule has 5 nitrogen and oxygen atoms in total. The SMILES string of the molecule is Cc1ccc(C)c(C(=O)COC(=O)c2ccccc2NC(=O)c2ccc(Br)cc2)c1. The standard InChI is InChI=1S/C24H20BrNO4/c1-15-7-8-16(2)20(13-15)22(27)14-30-24(29)19-5-3-4-6-21(19)26-23(28)17-9-11-18(25)12-10-17/h3-13H,14H2,1-2H3,(H,26,28). The number of para-hydroxylation sites is 1. The molecule has 0 aliphatic rings. The van der Waals surface area contributed by atoms with E-state index in [0.29, 0.717) is 16.8 Å². The number of hydrogen-bond acceptors (Lipinski definition) is 4. The topological polar surface area (TPSA) is 72.5 Å². The van der Waals surface area contributed by atoms with Gasteiger partial charge in [0.15, 0.2) is 6.61 Å². The molecule has 0 atom stereocenters. The summed E-state index contributed by atoms with van der Waals surface area (Å²) in [5, 5.41) is 2.72. The predicted molar refractivity (Wildman–Crippen MR) is 119 cm³/mol. The van der Waals surface area contributed by atoms with Crippen LogP contribution in [0.1, 0.15) is 42.2 Å². The summed E-state index contributed by atoms with van der Waals surface area (Å²) in [6, 6.07) is 18.9. The predicted octanol–water partition coefficient (Wildman–Crippen LogP) is 5.36. The zero-order chi connectivity index (χ0) is 21.7. The Labute approximate surface area is 183 Å². The molecular formula is C24H20BrNO4. The summed E-state index contributed by atoms with van der Waals surface area (Å²) < 4.78 is 6.09. The first kappa shape index (κ1) is 21.5. The van der Waals surface area contributed by atoms with Crippen molar-refractivity contribution < 1.29 is 19.1 Å². The van der Waals surface area contributed by atoms with Crippen molar-refractivity contribution in [1.29, 1.82) is 0 Å². The van der Waals surface area contributed by atoms with Gasteiger partial charge in [0.05, 0.1) is 11.3 Å². The number of ketones is 1. The summed E-state index contributed by atoms with van der Waals surface area (Å²) in [4.78, 5) is 37.5. The quantitative estimate of drug-likeness (QED) is 0.392. The molecule has 0 unspecified atom stereocenters. The van der Waals surface area contributed by atoms with Gasteiger partial charge in [0.1, 0.15) is 0 Å². The molecular weight excluding hydrogens is 446 g/mol. The fraction of sp³-hybridized carbons (Fsp3) is 0.125. The molecule has 0 saturated carbocycles. The summed E-state index contributed by atoms with van der Waals surface area (Å²) in [7, 11) is 0. The molecule has 0 aromatic heterocycles. The van der Waals surface area contributed by atoms with E-state index in [1.165, 1.54) is 0 Å². The Morgan fingerprint density at radius 1 is 0.900 bits per heavy atom. The first-order valence-corrected chi connectivity index (χ1v) is 10.1. The van der Waals surface area contributed by atoms with E-state index in [2.05, 4.69) is 21.2 Å². The van der Waals surface area contributed by atoms with Crippen LogP contribution in [0, 0.1) is 13.8 Å². The molecule has 1 amide bonds. The Hall–Kier alpha value is -3.25. The molecule has 3 rings (SSSR count). The molecule has 0 fully saturated rings. The Bertz CT molecular complexity index is 1110. The number of carbonyl (C=O) groups is 3. The molecule has 3 aromatic rings. The number of amides is 1. The van der Waals surface area contributed by atoms with E-state index in [1.54, 1.807) is 54.6 Å². The summed E-state index contributed by atoms with van der Waals surface area (Å²) in [5.74, 6) is -1.31. The van der Waals surface area contributed by atoms with Gasteiger partial charge in [0.25, 0.3) is 5.91 Å². The van der Waals surface area contributed by atoms with Crippen molar-refractivity contribution in [2.45, 2.75) is 13.8 Å². The van der Waals surface area contributed by atoms with Crippen LogP contribution in [0.3, 0.4) is 0 Å². The van der Waals surface area contributed by atoms with Gasteiger partial charge in [-0.1, -0.05) is 45.8 Å². The molecule has 0 heterocycles. The molecule has 1 N–H and O–H groups in total. The van der Waals surface area contributed by atoms with Gasteiger partial charge >= 0.3 is 5.97 Å². The monoisotopic (exact) mass is 465 g/mol. The minimum atomic E-state index is -0.680. The maximum absolute atomic E-state index is 12.6. The highest BCUT2D eigenvalue weighted by atomic mass is 79.9. The van der Waals surface area contributed by atoms with Crippen LogP contribution in [0.15, 0.2) is 71.2 Å². The lowest BCUT2D eigenvalue weighted by molar-refractivity contribution is 0.0475. The first-order valence-electron chi connectivity index (χ1n) is 9.28. The van der Waals surface area contributed by atoms with Crippen molar-refractivity contribution >= 4 is 39.3 Å². The zero-order valence-corrected chi connectivity index (χ0v) is 18.2. The number of Topliss-reactive ketones (excluding diaryl/α,β-unsaturated/α-hetero) is 1. The number of aryl methyl sites for hydroxylation is 2. The number of halogens is 1. The molecule has 0 radical (unpaired) electrons. The lowest BCUT2D eigenvalue weighted by Gasteiger charge is -2.11. The third-order valence-corrected chi connectivity index (χ3v) is 5.06. The van der Waals surface area contributed by atoms with Crippen molar-refractivity contribution in [2.75, 3.05) is 11.9 Å². The van der Waals surface area contributed by atoms with Crippen LogP contribution in [0.4, 0.5) is 5.69 Å². The van der Waals surface area contributed by atoms with Crippen molar-refractivity contribution in [3.8, 4) is 0 Å². The van der Waals surface area contributed by atoms with Gasteiger partial charge in [-0.05, 0) is 61.9 Å². The largest absolute Gasteiger partial charge is 0.454 e. The van der Waals surface area contributed by atoms with E-state index in [4.69, 9.17) is 4.74 Å². The second-order valence-electron chi connectivity index (χ2n) is 6.82. The molecule has 30 heavy (non-hydrogen) atoms. The van der Waals surface area contributed by atoms with Crippen LogP contribution >= 0.6 is 15.9 Å². The molecule has 0 aliphatic carbocycles. The van der Waals surface area contributed by atoms with E-state index in [-0.39, 0.29) is 23.9 Å². The van der Waals surface area contributed by atoms with Crippen molar-refractivity contribution in [1.82, 2.24) is 0 Å². The van der Waals surface area contributed by atoms with Gasteiger partial charge in [0.2, 0.25) is 5.78 Å². The molecule has 0 saturated heterocycles. The first-order chi connectivity index (χ1) is 14.3. The second kappa shape index (κ2) is 9.50. The van der Waals surface area contributed by atoms with Gasteiger partial charge in [-0.2, -0.15) is 0 Å². The van der Waals surface area contributed by atoms with Crippen LogP contribution < -0.4 is 5.32 Å². The van der Waals surface area contributed by atoms with Crippen LogP contribution in [0.25, 0.3) is 0 Å². The molecule has 0 bridgehead atoms. The summed E-state index contributed by atoms with van der Waals surface area (Å²) in [6.07, 6.45) is 0. The van der Waals surface area contributed by atoms with Crippen molar-refractivity contribution in [3.63, 3.8) is 0 Å². The Kier molecular flexibility index (Phi) is 6.79. The van der Waals surface area contributed by atoms with Gasteiger partial charge in [-0.15, -0.1) is 0 Å². The van der Waals surface area contributed by atoms with E-state index in [0.717, 1.165) is 15.6 Å². The van der Waals surface area contributed by atoms with Crippen molar-refractivity contribution in [2.24, 2.45) is 0 Å². The number of nitrogens with one attached hydrogen (secondary N) is 1. The Morgan fingerprint density at radius 2 is 1.60 bits per heavy atom. The molecule has 6 heteroatoms. The maximum atomic E-state index is 12.6. The van der Waals surface area contributed by atoms with Crippen LogP contribution in [0.2, 0.25) is 0 Å². The molecule has 3 aromatic carbocycles. The highest BCUT2D eigenvalue weighted by Gasteiger charge is 2.18. The molecule has 0 spiro atoms. The minimum Gasteiger partial charge on any atom is -0.454 e. The Balaban J connectivity index is 1.71. The zero-order valence-electron chi connectivity index (χ0n) is 16.6. The lowest BCUT2D eigenvalue weighted by atomic mass is 10.0. The summed E-state index contributed by atoms with van der Waals surface area (Å²) >= 11 is 3.33. The molecule has 152 valence electrons. The number of ether oxygens (including phenoxy) is 1. The van der Waals surface area contributed by atoms with Crippen LogP contribution in [-0.4, -0.2) is 24.3 Å². The lowest BCUT2D eigenvalue weighted by Crippen LogP contribution is -2.18. The van der Waals surface area contributed by atoms with Gasteiger partial charge < -0.3 is 10.1 Å². The summed E-state index contributed by atoms with van der Waals surface area (Å²) in [6.45, 7) is 3.35. The highest BCUT2D eigenvalue weighted by molar-refractivity contribution is 9.10. The summed E-state index contributed by atoms with van der Waals surface area (Å²) in [5.41, 5.74) is 3.25. The third-order valence-electron chi connectivity index (χ3n) is 4.53. The maximum Gasteiger partial charge on any atom is 0.340 e. The van der Waals surface area contributed by atoms with Crippen LogP contribution in [0.5, 0.6) is 0 Å². The number of anilines is 1. The second-order valence-corrected chi connectivity index (χ2v) is 7.74. The van der Waals surface area contributed by atoms with Gasteiger partial charge in [-0.3, -0.25) is 9.59 Å². The van der Waals surface area contributed by atoms with Gasteiger partial charge in [0, 0.05) is 15.6 Å². The normalized spacial score (nSPS) is 10.4. The van der Waals surface area contributed by atoms with E-state index < -0.39 is 5.97 Å². The highest BCUT2D eigenvalue weighted by Crippen LogP contribution is 2.19.